The van der Waals surface area contributed by atoms with E-state index >= 15 is 0 Å². The van der Waals surface area contributed by atoms with Crippen LogP contribution in [0.25, 0.3) is 0 Å². The highest BCUT2D eigenvalue weighted by atomic mass is 35.5. The predicted octanol–water partition coefficient (Wildman–Crippen LogP) is 4.39. The molecule has 0 N–H and O–H groups in total. The van der Waals surface area contributed by atoms with Gasteiger partial charge in [0.1, 0.15) is 0 Å². The first kappa shape index (κ1) is 22.3. The van der Waals surface area contributed by atoms with E-state index in [9.17, 15) is 13.9 Å². The highest BCUT2D eigenvalue weighted by Gasteiger charge is 2.50. The molecule has 0 saturated heterocycles. The van der Waals surface area contributed by atoms with Gasteiger partial charge in [0, 0.05) is 6.42 Å². The van der Waals surface area contributed by atoms with Crippen molar-refractivity contribution in [1.82, 2.24) is 0 Å². The average molecular weight is 379 g/mol. The zero-order valence-corrected chi connectivity index (χ0v) is 16.0. The molecule has 10 heteroatoms. The fourth-order valence-corrected chi connectivity index (χ4v) is 7.33. The van der Waals surface area contributed by atoms with E-state index in [4.69, 9.17) is 29.7 Å². The summed E-state index contributed by atoms with van der Waals surface area (Å²) in [6.07, 6.45) is -0.211. The molecule has 132 valence electrons. The molecule has 0 saturated carbocycles. The van der Waals surface area contributed by atoms with E-state index in [-0.39, 0.29) is 39.3 Å². The number of carbonyl (C=O) groups is 1. The molecule has 0 aliphatic carbocycles. The second-order valence-electron chi connectivity index (χ2n) is 4.13. The standard InChI is InChI=1S/C12H25ClO7P2/c1-5-17-21(15,18-6-2)12(10-9-11(13)14)22(16,19-7-3)20-8-4/h12H,5-10H2,1-4H3. The highest BCUT2D eigenvalue weighted by Crippen LogP contribution is 2.71. The predicted molar refractivity (Wildman–Crippen MR) is 85.6 cm³/mol. The summed E-state index contributed by atoms with van der Waals surface area (Å²) in [6, 6.07) is 0. The quantitative estimate of drug-likeness (QED) is 0.347. The van der Waals surface area contributed by atoms with Gasteiger partial charge in [-0.05, 0) is 45.7 Å². The Morgan fingerprint density at radius 3 is 1.41 bits per heavy atom. The van der Waals surface area contributed by atoms with Crippen LogP contribution >= 0.6 is 26.8 Å². The molecule has 7 nitrogen and oxygen atoms in total. The van der Waals surface area contributed by atoms with Gasteiger partial charge in [-0.15, -0.1) is 0 Å². The summed E-state index contributed by atoms with van der Waals surface area (Å²) in [7, 11) is -7.58. The van der Waals surface area contributed by atoms with Crippen LogP contribution in [0.15, 0.2) is 0 Å². The second-order valence-corrected chi connectivity index (χ2v) is 9.39. The molecule has 0 spiro atoms. The van der Waals surface area contributed by atoms with Crippen molar-refractivity contribution < 1.29 is 32.0 Å². The number of hydrogen-bond donors (Lipinski definition) is 0. The van der Waals surface area contributed by atoms with Gasteiger partial charge >= 0.3 is 15.2 Å². The summed E-state index contributed by atoms with van der Waals surface area (Å²) in [4.78, 5) is 11.1. The largest absolute Gasteiger partial charge is 0.345 e. The Balaban J connectivity index is 5.68. The molecule has 22 heavy (non-hydrogen) atoms. The van der Waals surface area contributed by atoms with Crippen LogP contribution in [0.4, 0.5) is 0 Å². The lowest BCUT2D eigenvalue weighted by Crippen LogP contribution is -2.18. The Labute approximate surface area is 137 Å². The zero-order valence-electron chi connectivity index (χ0n) is 13.5. The molecule has 0 aromatic heterocycles. The monoisotopic (exact) mass is 378 g/mol. The third-order valence-electron chi connectivity index (χ3n) is 2.57. The Kier molecular flexibility index (Phi) is 11.1. The summed E-state index contributed by atoms with van der Waals surface area (Å²) < 4.78 is 47.0. The van der Waals surface area contributed by atoms with E-state index < -0.39 is 25.8 Å². The zero-order chi connectivity index (χ0) is 17.2. The Morgan fingerprint density at radius 1 is 0.864 bits per heavy atom. The lowest BCUT2D eigenvalue weighted by molar-refractivity contribution is -0.111. The first-order chi connectivity index (χ1) is 10.3. The smallest absolute Gasteiger partial charge is 0.308 e. The van der Waals surface area contributed by atoms with Crippen LogP contribution < -0.4 is 0 Å². The van der Waals surface area contributed by atoms with Crippen LogP contribution in [0, 0.1) is 0 Å². The van der Waals surface area contributed by atoms with Gasteiger partial charge < -0.3 is 18.1 Å². The highest BCUT2D eigenvalue weighted by molar-refractivity contribution is 7.72. The van der Waals surface area contributed by atoms with Crippen LogP contribution in [-0.4, -0.2) is 37.1 Å². The van der Waals surface area contributed by atoms with Crippen molar-refractivity contribution in [3.8, 4) is 0 Å². The molecule has 0 bridgehead atoms. The van der Waals surface area contributed by atoms with E-state index in [0.717, 1.165) is 0 Å². The maximum Gasteiger partial charge on any atom is 0.345 e. The molecule has 0 aliphatic rings. The first-order valence-corrected chi connectivity index (χ1v) is 10.9. The minimum atomic E-state index is -3.79. The van der Waals surface area contributed by atoms with E-state index in [1.54, 1.807) is 27.7 Å². The van der Waals surface area contributed by atoms with Gasteiger partial charge in [0.05, 0.1) is 26.4 Å². The van der Waals surface area contributed by atoms with E-state index in [1.165, 1.54) is 0 Å². The van der Waals surface area contributed by atoms with E-state index in [0.29, 0.717) is 0 Å². The SMILES string of the molecule is CCOP(=O)(OCC)C(CCC(=O)Cl)P(=O)(OCC)OCC. The third kappa shape index (κ3) is 6.79. The van der Waals surface area contributed by atoms with Crippen molar-refractivity contribution >= 4 is 32.0 Å². The molecule has 0 unspecified atom stereocenters. The third-order valence-corrected chi connectivity index (χ3v) is 8.90. The van der Waals surface area contributed by atoms with Crippen molar-refractivity contribution in [3.63, 3.8) is 0 Å². The Bertz CT molecular complexity index is 380. The van der Waals surface area contributed by atoms with Crippen molar-refractivity contribution in [2.45, 2.75) is 45.9 Å². The van der Waals surface area contributed by atoms with Crippen LogP contribution in [0.5, 0.6) is 0 Å². The van der Waals surface area contributed by atoms with Crippen molar-refractivity contribution in [3.05, 3.63) is 0 Å². The summed E-state index contributed by atoms with van der Waals surface area (Å²) in [5.74, 6) is 0. The summed E-state index contributed by atoms with van der Waals surface area (Å²) in [6.45, 7) is 6.95. The second kappa shape index (κ2) is 10.9. The Hall–Kier alpha value is 0.260. The molecule has 0 fully saturated rings. The maximum absolute atomic E-state index is 13.0. The van der Waals surface area contributed by atoms with Gasteiger partial charge in [0.15, 0.2) is 5.40 Å². The molecule has 0 heterocycles. The van der Waals surface area contributed by atoms with Crippen molar-refractivity contribution in [2.24, 2.45) is 0 Å². The molecule has 0 aromatic rings. The lowest BCUT2D eigenvalue weighted by atomic mass is 10.4. The van der Waals surface area contributed by atoms with Crippen LogP contribution in [0.1, 0.15) is 40.5 Å². The van der Waals surface area contributed by atoms with Crippen LogP contribution in [-0.2, 0) is 32.0 Å². The Morgan fingerprint density at radius 2 is 1.18 bits per heavy atom. The number of halogens is 1. The number of rotatable bonds is 13. The fourth-order valence-electron chi connectivity index (χ4n) is 1.87. The molecule has 0 radical (unpaired) electrons. The first-order valence-electron chi connectivity index (χ1n) is 7.25. The van der Waals surface area contributed by atoms with Crippen LogP contribution in [0.2, 0.25) is 0 Å². The lowest BCUT2D eigenvalue weighted by Gasteiger charge is -2.31. The number of hydrogen-bond acceptors (Lipinski definition) is 7. The fraction of sp³-hybridized carbons (Fsp3) is 0.917. The minimum Gasteiger partial charge on any atom is -0.308 e. The minimum absolute atomic E-state index is 0.0725. The molecule has 0 amide bonds. The normalized spacial score (nSPS) is 12.8. The maximum atomic E-state index is 13.0. The molecular weight excluding hydrogens is 354 g/mol. The van der Waals surface area contributed by atoms with Crippen molar-refractivity contribution in [2.75, 3.05) is 26.4 Å². The number of carbonyl (C=O) groups excluding carboxylic acids is 1. The molecule has 0 atom stereocenters. The van der Waals surface area contributed by atoms with Gasteiger partial charge in [-0.2, -0.15) is 0 Å². The summed E-state index contributed by atoms with van der Waals surface area (Å²) in [5.41, 5.74) is 0. The van der Waals surface area contributed by atoms with Gasteiger partial charge in [-0.1, -0.05) is 0 Å². The van der Waals surface area contributed by atoms with Gasteiger partial charge in [0.2, 0.25) is 5.24 Å². The van der Waals surface area contributed by atoms with Gasteiger partial charge in [0.25, 0.3) is 0 Å². The van der Waals surface area contributed by atoms with Gasteiger partial charge in [-0.25, -0.2) is 0 Å². The topological polar surface area (TPSA) is 88.1 Å². The van der Waals surface area contributed by atoms with E-state index in [2.05, 4.69) is 0 Å². The molecule has 0 aliphatic heterocycles. The molecule has 0 aromatic carbocycles. The van der Waals surface area contributed by atoms with Gasteiger partial charge in [-0.3, -0.25) is 13.9 Å². The van der Waals surface area contributed by atoms with Crippen LogP contribution in [0.3, 0.4) is 0 Å². The summed E-state index contributed by atoms with van der Waals surface area (Å²) in [5, 5.41) is -1.83. The summed E-state index contributed by atoms with van der Waals surface area (Å²) >= 11 is 5.35. The van der Waals surface area contributed by atoms with Crippen molar-refractivity contribution in [1.29, 1.82) is 0 Å². The molecular formula is C12H25ClO7P2. The molecule has 0 rings (SSSR count). The average Bonchev–Trinajstić information content (AvgIpc) is 2.39. The van der Waals surface area contributed by atoms with E-state index in [1.807, 2.05) is 0 Å².